The summed E-state index contributed by atoms with van der Waals surface area (Å²) >= 11 is 0. The Morgan fingerprint density at radius 1 is 1.31 bits per heavy atom. The van der Waals surface area contributed by atoms with Gasteiger partial charge in [0.15, 0.2) is 17.5 Å². The van der Waals surface area contributed by atoms with E-state index in [0.717, 1.165) is 12.6 Å². The van der Waals surface area contributed by atoms with E-state index in [0.29, 0.717) is 18.5 Å². The summed E-state index contributed by atoms with van der Waals surface area (Å²) in [7, 11) is 0. The molecule has 1 aromatic carbocycles. The third-order valence-electron chi connectivity index (χ3n) is 5.59. The fraction of sp³-hybridized carbons (Fsp3) is 0.318. The Labute approximate surface area is 182 Å². The monoisotopic (exact) mass is 438 g/mol. The van der Waals surface area contributed by atoms with Gasteiger partial charge in [-0.2, -0.15) is 10.4 Å². The van der Waals surface area contributed by atoms with Gasteiger partial charge in [0.1, 0.15) is 29.3 Å². The molecule has 0 unspecified atom stereocenters. The third-order valence-corrected chi connectivity index (χ3v) is 5.59. The molecule has 4 rings (SSSR count). The van der Waals surface area contributed by atoms with E-state index in [9.17, 15) is 23.9 Å². The second kappa shape index (κ2) is 8.70. The van der Waals surface area contributed by atoms with Crippen LogP contribution in [0.3, 0.4) is 0 Å². The molecule has 1 saturated heterocycles. The topological polar surface area (TPSA) is 108 Å². The van der Waals surface area contributed by atoms with E-state index in [1.165, 1.54) is 21.7 Å². The molecule has 0 saturated carbocycles. The predicted molar refractivity (Wildman–Crippen MR) is 111 cm³/mol. The minimum absolute atomic E-state index is 0.0222. The maximum atomic E-state index is 14.6. The van der Waals surface area contributed by atoms with Gasteiger partial charge in [-0.1, -0.05) is 25.1 Å². The Bertz CT molecular complexity index is 1210. The minimum Gasteiger partial charge on any atom is -0.480 e. The fourth-order valence-corrected chi connectivity index (χ4v) is 4.01. The lowest BCUT2D eigenvalue weighted by Gasteiger charge is -2.38. The number of benzene rings is 1. The number of carbonyl (C=O) groups is 1. The van der Waals surface area contributed by atoms with Crippen molar-refractivity contribution in [3.63, 3.8) is 0 Å². The van der Waals surface area contributed by atoms with Crippen LogP contribution in [0.5, 0.6) is 0 Å². The number of aromatic nitrogens is 4. The zero-order valence-corrected chi connectivity index (χ0v) is 17.2. The van der Waals surface area contributed by atoms with Crippen LogP contribution in [0.2, 0.25) is 0 Å². The molecule has 3 aromatic rings. The van der Waals surface area contributed by atoms with Gasteiger partial charge >= 0.3 is 5.97 Å². The summed E-state index contributed by atoms with van der Waals surface area (Å²) in [6, 6.07) is 8.69. The normalized spacial score (nSPS) is 18.4. The van der Waals surface area contributed by atoms with Gasteiger partial charge in [-0.15, -0.1) is 0 Å². The second-order valence-electron chi connectivity index (χ2n) is 7.74. The minimum atomic E-state index is -1.04. The third kappa shape index (κ3) is 4.01. The maximum Gasteiger partial charge on any atom is 0.326 e. The van der Waals surface area contributed by atoms with Crippen LogP contribution in [0.15, 0.2) is 36.5 Å². The summed E-state index contributed by atoms with van der Waals surface area (Å²) in [6.07, 6.45) is 2.40. The van der Waals surface area contributed by atoms with E-state index >= 15 is 0 Å². The van der Waals surface area contributed by atoms with Gasteiger partial charge in [0.25, 0.3) is 0 Å². The zero-order valence-electron chi connectivity index (χ0n) is 17.2. The van der Waals surface area contributed by atoms with Crippen LogP contribution in [0, 0.1) is 28.9 Å². The zero-order chi connectivity index (χ0) is 22.8. The second-order valence-corrected chi connectivity index (χ2v) is 7.74. The van der Waals surface area contributed by atoms with Crippen LogP contribution in [0.1, 0.15) is 31.0 Å². The molecule has 0 radical (unpaired) electrons. The molecule has 0 spiro atoms. The first-order chi connectivity index (χ1) is 15.4. The molecule has 1 N–H and O–H groups in total. The van der Waals surface area contributed by atoms with Crippen LogP contribution in [0.4, 0.5) is 14.6 Å². The highest BCUT2D eigenvalue weighted by Gasteiger charge is 2.36. The van der Waals surface area contributed by atoms with Crippen molar-refractivity contribution in [3.05, 3.63) is 59.4 Å². The number of hydrogen-bond acceptors (Lipinski definition) is 6. The molecule has 10 heteroatoms. The Hall–Kier alpha value is -3.87. The Morgan fingerprint density at radius 3 is 2.81 bits per heavy atom. The molecular weight excluding hydrogens is 418 g/mol. The lowest BCUT2D eigenvalue weighted by molar-refractivity contribution is -0.140. The Morgan fingerprint density at radius 2 is 2.09 bits per heavy atom. The smallest absolute Gasteiger partial charge is 0.326 e. The number of piperidine rings is 1. The van der Waals surface area contributed by atoms with Gasteiger partial charge < -0.3 is 10.0 Å². The summed E-state index contributed by atoms with van der Waals surface area (Å²) in [5, 5.41) is 23.5. The number of aliphatic carboxylic acids is 1. The van der Waals surface area contributed by atoms with E-state index in [4.69, 9.17) is 0 Å². The van der Waals surface area contributed by atoms with E-state index in [1.807, 2.05) is 13.0 Å². The molecular formula is C22H20F2N6O2. The highest BCUT2D eigenvalue weighted by molar-refractivity contribution is 5.78. The highest BCUT2D eigenvalue weighted by atomic mass is 19.1. The Balaban J connectivity index is 1.71. The SMILES string of the molecule is C[C@H]1CCCN(c2nc(-c3cc(C#N)n(Cc4ccccc4F)n3)ncc2F)[C@H]1C(=O)O. The molecule has 32 heavy (non-hydrogen) atoms. The number of rotatable bonds is 5. The lowest BCUT2D eigenvalue weighted by Crippen LogP contribution is -2.50. The van der Waals surface area contributed by atoms with Crippen molar-refractivity contribution in [2.45, 2.75) is 32.4 Å². The highest BCUT2D eigenvalue weighted by Crippen LogP contribution is 2.30. The summed E-state index contributed by atoms with van der Waals surface area (Å²) in [5.74, 6) is -2.45. The molecule has 2 aromatic heterocycles. The first-order valence-corrected chi connectivity index (χ1v) is 10.1. The molecule has 1 aliphatic heterocycles. The van der Waals surface area contributed by atoms with E-state index in [1.54, 1.807) is 18.2 Å². The average molecular weight is 438 g/mol. The Kier molecular flexibility index (Phi) is 5.81. The van der Waals surface area contributed by atoms with Gasteiger partial charge in [-0.3, -0.25) is 0 Å². The quantitative estimate of drug-likeness (QED) is 0.652. The number of halogens is 2. The van der Waals surface area contributed by atoms with Gasteiger partial charge in [0.2, 0.25) is 0 Å². The van der Waals surface area contributed by atoms with Crippen molar-refractivity contribution < 1.29 is 18.7 Å². The van der Waals surface area contributed by atoms with Crippen molar-refractivity contribution in [2.75, 3.05) is 11.4 Å². The lowest BCUT2D eigenvalue weighted by atomic mass is 9.91. The van der Waals surface area contributed by atoms with Gasteiger partial charge in [0, 0.05) is 18.2 Å². The van der Waals surface area contributed by atoms with Gasteiger partial charge in [0.05, 0.1) is 12.7 Å². The van der Waals surface area contributed by atoms with Crippen LogP contribution in [-0.2, 0) is 11.3 Å². The number of carboxylic acid groups (broad SMARTS) is 1. The van der Waals surface area contributed by atoms with Crippen LogP contribution in [-0.4, -0.2) is 43.4 Å². The number of hydrogen-bond donors (Lipinski definition) is 1. The molecule has 1 fully saturated rings. The standard InChI is InChI=1S/C22H20F2N6O2/c1-13-5-4-8-29(19(13)22(31)32)21-17(24)11-26-20(27-21)18-9-15(10-25)30(28-18)12-14-6-2-3-7-16(14)23/h2-3,6-7,9,11,13,19H,4-5,8,12H2,1H3,(H,31,32)/t13-,19+/m0/s1. The average Bonchev–Trinajstić information content (AvgIpc) is 3.18. The summed E-state index contributed by atoms with van der Waals surface area (Å²) in [5.41, 5.74) is 0.717. The largest absolute Gasteiger partial charge is 0.480 e. The van der Waals surface area contributed by atoms with E-state index < -0.39 is 23.6 Å². The fourth-order valence-electron chi connectivity index (χ4n) is 4.01. The molecule has 1 aliphatic rings. The molecule has 0 bridgehead atoms. The van der Waals surface area contributed by atoms with Gasteiger partial charge in [-0.05, 0) is 24.8 Å². The summed E-state index contributed by atoms with van der Waals surface area (Å²) < 4.78 is 30.0. The molecule has 2 atom stereocenters. The van der Waals surface area contributed by atoms with Gasteiger partial charge in [-0.25, -0.2) is 28.2 Å². The first-order valence-electron chi connectivity index (χ1n) is 10.1. The number of carboxylic acids is 1. The first kappa shape index (κ1) is 21.4. The molecule has 8 nitrogen and oxygen atoms in total. The van der Waals surface area contributed by atoms with E-state index in [-0.39, 0.29) is 35.5 Å². The number of anilines is 1. The predicted octanol–water partition coefficient (Wildman–Crippen LogP) is 3.23. The van der Waals surface area contributed by atoms with Crippen LogP contribution in [0.25, 0.3) is 11.5 Å². The van der Waals surface area contributed by atoms with Crippen molar-refractivity contribution in [3.8, 4) is 17.6 Å². The number of nitrogens with zero attached hydrogens (tertiary/aromatic N) is 6. The van der Waals surface area contributed by atoms with Crippen LogP contribution < -0.4 is 4.90 Å². The molecule has 3 heterocycles. The molecule has 164 valence electrons. The summed E-state index contributed by atoms with van der Waals surface area (Å²) in [6.45, 7) is 2.18. The van der Waals surface area contributed by atoms with E-state index in [2.05, 4.69) is 15.1 Å². The summed E-state index contributed by atoms with van der Waals surface area (Å²) in [4.78, 5) is 21.5. The molecule has 0 aliphatic carbocycles. The van der Waals surface area contributed by atoms with Crippen molar-refractivity contribution >= 4 is 11.8 Å². The molecule has 0 amide bonds. The van der Waals surface area contributed by atoms with Crippen molar-refractivity contribution in [2.24, 2.45) is 5.92 Å². The van der Waals surface area contributed by atoms with Crippen molar-refractivity contribution in [1.82, 2.24) is 19.7 Å². The van der Waals surface area contributed by atoms with Crippen molar-refractivity contribution in [1.29, 1.82) is 5.26 Å². The number of nitriles is 1. The maximum absolute atomic E-state index is 14.6. The van der Waals surface area contributed by atoms with Crippen LogP contribution >= 0.6 is 0 Å².